The summed E-state index contributed by atoms with van der Waals surface area (Å²) in [6.45, 7) is 4.47. The monoisotopic (exact) mass is 364 g/mol. The van der Waals surface area contributed by atoms with Gasteiger partial charge in [-0.15, -0.1) is 0 Å². The van der Waals surface area contributed by atoms with Gasteiger partial charge in [-0.2, -0.15) is 0 Å². The Bertz CT molecular complexity index is 724. The summed E-state index contributed by atoms with van der Waals surface area (Å²) in [7, 11) is 0. The lowest BCUT2D eigenvalue weighted by Crippen LogP contribution is -2.53. The van der Waals surface area contributed by atoms with Crippen LogP contribution in [0.15, 0.2) is 54.9 Å². The maximum atomic E-state index is 12.6. The van der Waals surface area contributed by atoms with Crippen LogP contribution in [0.25, 0.3) is 0 Å². The van der Waals surface area contributed by atoms with Gasteiger partial charge in [0.05, 0.1) is 6.04 Å². The average Bonchev–Trinajstić information content (AvgIpc) is 2.69. The molecule has 1 aromatic carbocycles. The molecular weight excluding hydrogens is 336 g/mol. The van der Waals surface area contributed by atoms with Crippen LogP contribution in [0.2, 0.25) is 0 Å². The Labute approximate surface area is 161 Å². The molecule has 2 aromatic rings. The number of hydrogen-bond donors (Lipinski definition) is 1. The molecule has 0 aliphatic carbocycles. The molecule has 2 saturated heterocycles. The van der Waals surface area contributed by atoms with Gasteiger partial charge in [0.25, 0.3) is 0 Å². The average molecular weight is 364 g/mol. The first-order valence-electron chi connectivity index (χ1n) is 10.0. The van der Waals surface area contributed by atoms with Gasteiger partial charge in [-0.1, -0.05) is 36.8 Å². The number of amides is 2. The highest BCUT2D eigenvalue weighted by atomic mass is 16.2. The summed E-state index contributed by atoms with van der Waals surface area (Å²) in [5.41, 5.74) is 2.56. The van der Waals surface area contributed by atoms with Gasteiger partial charge < -0.3 is 10.2 Å². The fourth-order valence-electron chi connectivity index (χ4n) is 4.15. The maximum absolute atomic E-state index is 12.6. The molecule has 142 valence electrons. The molecule has 1 unspecified atom stereocenters. The predicted molar refractivity (Wildman–Crippen MR) is 107 cm³/mol. The summed E-state index contributed by atoms with van der Waals surface area (Å²) < 4.78 is 0. The topological polar surface area (TPSA) is 48.5 Å². The van der Waals surface area contributed by atoms with Crippen molar-refractivity contribution in [1.82, 2.24) is 20.1 Å². The summed E-state index contributed by atoms with van der Waals surface area (Å²) in [4.78, 5) is 21.1. The second-order valence-corrected chi connectivity index (χ2v) is 7.59. The second kappa shape index (κ2) is 8.53. The SMILES string of the molecule is O=C(NCC(c1ccccc1)N1CCCCC1)N1CC(c2ccncc2)C1. The Hall–Kier alpha value is -2.40. The molecule has 0 saturated carbocycles. The predicted octanol–water partition coefficient (Wildman–Crippen LogP) is 3.42. The zero-order chi connectivity index (χ0) is 18.5. The van der Waals surface area contributed by atoms with Crippen molar-refractivity contribution in [2.75, 3.05) is 32.7 Å². The molecule has 0 radical (unpaired) electrons. The van der Waals surface area contributed by atoms with Crippen LogP contribution in [0.1, 0.15) is 42.3 Å². The minimum atomic E-state index is 0.0539. The molecule has 1 aromatic heterocycles. The van der Waals surface area contributed by atoms with Crippen molar-refractivity contribution in [3.05, 3.63) is 66.0 Å². The van der Waals surface area contributed by atoms with E-state index in [1.807, 2.05) is 29.4 Å². The molecule has 5 heteroatoms. The van der Waals surface area contributed by atoms with Gasteiger partial charge in [0, 0.05) is 37.9 Å². The largest absolute Gasteiger partial charge is 0.336 e. The number of urea groups is 1. The molecular formula is C22H28N4O. The van der Waals surface area contributed by atoms with E-state index >= 15 is 0 Å². The summed E-state index contributed by atoms with van der Waals surface area (Å²) in [5.74, 6) is 0.436. The van der Waals surface area contributed by atoms with Crippen molar-refractivity contribution in [3.8, 4) is 0 Å². The Morgan fingerprint density at radius 1 is 1.04 bits per heavy atom. The number of carbonyl (C=O) groups is 1. The third-order valence-electron chi connectivity index (χ3n) is 5.81. The summed E-state index contributed by atoms with van der Waals surface area (Å²) in [6, 6.07) is 15.0. The Morgan fingerprint density at radius 3 is 2.44 bits per heavy atom. The third kappa shape index (κ3) is 4.30. The van der Waals surface area contributed by atoms with Gasteiger partial charge in [-0.25, -0.2) is 4.79 Å². The zero-order valence-corrected chi connectivity index (χ0v) is 15.8. The molecule has 1 atom stereocenters. The molecule has 27 heavy (non-hydrogen) atoms. The van der Waals surface area contributed by atoms with Crippen LogP contribution in [0.4, 0.5) is 4.79 Å². The first kappa shape index (κ1) is 18.0. The molecule has 2 aliphatic rings. The molecule has 1 N–H and O–H groups in total. The van der Waals surface area contributed by atoms with Gasteiger partial charge in [-0.3, -0.25) is 9.88 Å². The van der Waals surface area contributed by atoms with Crippen molar-refractivity contribution in [3.63, 3.8) is 0 Å². The number of aromatic nitrogens is 1. The molecule has 4 rings (SSSR count). The van der Waals surface area contributed by atoms with E-state index in [0.717, 1.165) is 26.2 Å². The van der Waals surface area contributed by atoms with E-state index in [1.165, 1.54) is 30.4 Å². The van der Waals surface area contributed by atoms with Crippen LogP contribution in [0.3, 0.4) is 0 Å². The maximum Gasteiger partial charge on any atom is 0.317 e. The normalized spacial score (nSPS) is 19.3. The lowest BCUT2D eigenvalue weighted by Gasteiger charge is -2.40. The number of nitrogens with zero attached hydrogens (tertiary/aromatic N) is 3. The fraction of sp³-hybridized carbons (Fsp3) is 0.455. The Kier molecular flexibility index (Phi) is 5.68. The van der Waals surface area contributed by atoms with E-state index in [9.17, 15) is 4.79 Å². The standard InChI is InChI=1S/C22H28N4O/c27-22(26-16-20(17-26)18-9-11-23-12-10-18)24-15-21(19-7-3-1-4-8-19)25-13-5-2-6-14-25/h1,3-4,7-12,20-21H,2,5-6,13-17H2,(H,24,27). The fourth-order valence-corrected chi connectivity index (χ4v) is 4.15. The smallest absolute Gasteiger partial charge is 0.317 e. The van der Waals surface area contributed by atoms with Gasteiger partial charge in [0.1, 0.15) is 0 Å². The van der Waals surface area contributed by atoms with Crippen LogP contribution < -0.4 is 5.32 Å². The van der Waals surface area contributed by atoms with E-state index in [-0.39, 0.29) is 12.1 Å². The van der Waals surface area contributed by atoms with Crippen LogP contribution in [0.5, 0.6) is 0 Å². The van der Waals surface area contributed by atoms with Crippen molar-refractivity contribution < 1.29 is 4.79 Å². The van der Waals surface area contributed by atoms with Crippen LogP contribution >= 0.6 is 0 Å². The minimum Gasteiger partial charge on any atom is -0.336 e. The molecule has 3 heterocycles. The number of pyridine rings is 1. The molecule has 2 fully saturated rings. The molecule has 2 amide bonds. The number of hydrogen-bond acceptors (Lipinski definition) is 3. The van der Waals surface area contributed by atoms with Crippen molar-refractivity contribution in [2.45, 2.75) is 31.2 Å². The van der Waals surface area contributed by atoms with E-state index in [4.69, 9.17) is 0 Å². The number of carbonyl (C=O) groups excluding carboxylic acids is 1. The molecule has 0 spiro atoms. The highest BCUT2D eigenvalue weighted by molar-refractivity contribution is 5.75. The van der Waals surface area contributed by atoms with Crippen LogP contribution in [-0.2, 0) is 0 Å². The van der Waals surface area contributed by atoms with Crippen LogP contribution in [-0.4, -0.2) is 53.5 Å². The summed E-state index contributed by atoms with van der Waals surface area (Å²) >= 11 is 0. The zero-order valence-electron chi connectivity index (χ0n) is 15.8. The number of piperidine rings is 1. The highest BCUT2D eigenvalue weighted by Gasteiger charge is 2.32. The molecule has 2 aliphatic heterocycles. The molecule has 0 bridgehead atoms. The Balaban J connectivity index is 1.33. The van der Waals surface area contributed by atoms with Gasteiger partial charge in [-0.05, 0) is 49.2 Å². The lowest BCUT2D eigenvalue weighted by atomic mass is 9.93. The number of nitrogens with one attached hydrogen (secondary N) is 1. The van der Waals surface area contributed by atoms with Gasteiger partial charge >= 0.3 is 6.03 Å². The second-order valence-electron chi connectivity index (χ2n) is 7.59. The number of likely N-dealkylation sites (tertiary alicyclic amines) is 2. The first-order chi connectivity index (χ1) is 13.3. The third-order valence-corrected chi connectivity index (χ3v) is 5.81. The summed E-state index contributed by atoms with van der Waals surface area (Å²) in [6.07, 6.45) is 7.45. The van der Waals surface area contributed by atoms with Crippen molar-refractivity contribution >= 4 is 6.03 Å². The van der Waals surface area contributed by atoms with Crippen molar-refractivity contribution in [2.24, 2.45) is 0 Å². The van der Waals surface area contributed by atoms with Gasteiger partial charge in [0.15, 0.2) is 0 Å². The van der Waals surface area contributed by atoms with Gasteiger partial charge in [0.2, 0.25) is 0 Å². The van der Waals surface area contributed by atoms with E-state index in [2.05, 4.69) is 45.5 Å². The summed E-state index contributed by atoms with van der Waals surface area (Å²) in [5, 5.41) is 3.19. The first-order valence-corrected chi connectivity index (χ1v) is 10.0. The van der Waals surface area contributed by atoms with E-state index < -0.39 is 0 Å². The van der Waals surface area contributed by atoms with E-state index in [1.54, 1.807) is 0 Å². The van der Waals surface area contributed by atoms with Crippen molar-refractivity contribution in [1.29, 1.82) is 0 Å². The van der Waals surface area contributed by atoms with Crippen LogP contribution in [0, 0.1) is 0 Å². The minimum absolute atomic E-state index is 0.0539. The Morgan fingerprint density at radius 2 is 1.74 bits per heavy atom. The highest BCUT2D eigenvalue weighted by Crippen LogP contribution is 2.27. The quantitative estimate of drug-likeness (QED) is 0.884. The van der Waals surface area contributed by atoms with E-state index in [0.29, 0.717) is 12.5 Å². The molecule has 5 nitrogen and oxygen atoms in total. The number of benzene rings is 1. The lowest BCUT2D eigenvalue weighted by molar-refractivity contribution is 0.137. The number of rotatable bonds is 5.